The predicted molar refractivity (Wildman–Crippen MR) is 275 cm³/mol. The van der Waals surface area contributed by atoms with Crippen LogP contribution >= 0.6 is 0 Å². The Kier molecular flexibility index (Phi) is 30.6. The van der Waals surface area contributed by atoms with Crippen LogP contribution in [0.5, 0.6) is 0 Å². The molecule has 0 aromatic heterocycles. The number of unbranched alkanes of at least 4 members (excludes halogenated alkanes) is 23. The zero-order valence-electron chi connectivity index (χ0n) is 40.2. The number of hydrogen-bond donors (Lipinski definition) is 0. The molecule has 2 nitrogen and oxygen atoms in total. The Hall–Kier alpha value is -3.52. The van der Waals surface area contributed by atoms with E-state index in [0.717, 1.165) is 13.1 Å². The van der Waals surface area contributed by atoms with E-state index >= 15 is 0 Å². The summed E-state index contributed by atoms with van der Waals surface area (Å²) in [6.45, 7) is 11.4. The number of anilines is 4. The molecule has 0 heterocycles. The van der Waals surface area contributed by atoms with E-state index in [1.165, 1.54) is 220 Å². The first kappa shape index (κ1) is 51.8. The second-order valence-electron chi connectivity index (χ2n) is 17.9. The Morgan fingerprint density at radius 2 is 0.525 bits per heavy atom. The molecule has 4 aromatic rings. The third kappa shape index (κ3) is 22.9. The van der Waals surface area contributed by atoms with Crippen molar-refractivity contribution in [3.8, 4) is 0 Å². The molecule has 0 aliphatic heterocycles. The van der Waals surface area contributed by atoms with Gasteiger partial charge in [-0.15, -0.1) is 0 Å². The smallest absolute Gasteiger partial charge is 0.0443 e. The number of nitrogens with zero attached hydrogens (tertiary/aromatic N) is 2. The lowest BCUT2D eigenvalue weighted by Crippen LogP contribution is -2.20. The van der Waals surface area contributed by atoms with Crippen LogP contribution in [0, 0.1) is 0 Å². The van der Waals surface area contributed by atoms with Gasteiger partial charge in [0, 0.05) is 35.8 Å². The normalized spacial score (nSPS) is 11.0. The molecule has 338 valence electrons. The molecule has 0 unspecified atom stereocenters. The molecule has 0 amide bonds. The van der Waals surface area contributed by atoms with Gasteiger partial charge in [-0.2, -0.15) is 0 Å². The van der Waals surface area contributed by atoms with Gasteiger partial charge >= 0.3 is 0 Å². The van der Waals surface area contributed by atoms with Crippen molar-refractivity contribution in [1.82, 2.24) is 0 Å². The minimum Gasteiger partial charge on any atom is -0.341 e. The standard InChI is InChI=1S/C30H47N.C29H45N/c1-3-5-7-9-11-13-16-22-28-23-19-20-26-30(28)31(29-24-17-15-18-25-29)27-21-14-12-10-8-6-4-2;1-3-5-7-9-11-13-20-26-30(28-23-16-14-17-24-28)29-25-19-18-22-27(29)21-15-12-10-8-6-4-2/h15,17-20,23-26H,3-14,16,21-22,27H2,1-2H3;14,16-19,22-25H,3-13,15,20-21,26H2,1-2H3. The number of para-hydroxylation sites is 4. The molecular formula is C59H92N2. The van der Waals surface area contributed by atoms with Crippen LogP contribution < -0.4 is 9.80 Å². The fraction of sp³-hybridized carbons (Fsp3) is 0.593. The quantitative estimate of drug-likeness (QED) is 0.0426. The van der Waals surface area contributed by atoms with Crippen LogP contribution in [0.25, 0.3) is 0 Å². The predicted octanol–water partition coefficient (Wildman–Crippen LogP) is 19.3. The third-order valence-corrected chi connectivity index (χ3v) is 12.5. The zero-order valence-corrected chi connectivity index (χ0v) is 40.2. The Labute approximate surface area is 378 Å². The van der Waals surface area contributed by atoms with E-state index in [1.807, 2.05) is 0 Å². The van der Waals surface area contributed by atoms with Gasteiger partial charge < -0.3 is 9.80 Å². The third-order valence-electron chi connectivity index (χ3n) is 12.5. The Balaban J connectivity index is 0.000000325. The average molecular weight is 829 g/mol. The topological polar surface area (TPSA) is 6.48 Å². The number of hydrogen-bond acceptors (Lipinski definition) is 2. The van der Waals surface area contributed by atoms with E-state index in [1.54, 1.807) is 0 Å². The van der Waals surface area contributed by atoms with E-state index in [0.29, 0.717) is 0 Å². The molecule has 4 rings (SSSR count). The van der Waals surface area contributed by atoms with Gasteiger partial charge in [0.2, 0.25) is 0 Å². The Morgan fingerprint density at radius 1 is 0.262 bits per heavy atom. The Bertz CT molecular complexity index is 1550. The van der Waals surface area contributed by atoms with Crippen molar-refractivity contribution in [3.63, 3.8) is 0 Å². The van der Waals surface area contributed by atoms with Crippen LogP contribution in [-0.2, 0) is 12.8 Å². The molecule has 0 N–H and O–H groups in total. The number of aryl methyl sites for hydroxylation is 2. The summed E-state index contributed by atoms with van der Waals surface area (Å²) in [5, 5.41) is 0. The van der Waals surface area contributed by atoms with Gasteiger partial charge in [0.05, 0.1) is 0 Å². The monoisotopic (exact) mass is 829 g/mol. The van der Waals surface area contributed by atoms with Crippen LogP contribution in [0.1, 0.15) is 212 Å². The first-order chi connectivity index (χ1) is 30.2. The summed E-state index contributed by atoms with van der Waals surface area (Å²) in [4.78, 5) is 5.14. The van der Waals surface area contributed by atoms with Crippen molar-refractivity contribution in [1.29, 1.82) is 0 Å². The average Bonchev–Trinajstić information content (AvgIpc) is 3.30. The molecule has 0 aliphatic carbocycles. The largest absolute Gasteiger partial charge is 0.341 e. The van der Waals surface area contributed by atoms with E-state index in [2.05, 4.69) is 147 Å². The summed E-state index contributed by atoms with van der Waals surface area (Å²) in [6, 6.07) is 40.2. The molecule has 0 saturated heterocycles. The maximum Gasteiger partial charge on any atom is 0.0443 e. The highest BCUT2D eigenvalue weighted by molar-refractivity contribution is 5.67. The van der Waals surface area contributed by atoms with Crippen LogP contribution in [0.15, 0.2) is 109 Å². The lowest BCUT2D eigenvalue weighted by molar-refractivity contribution is 0.587. The molecule has 0 spiro atoms. The summed E-state index contributed by atoms with van der Waals surface area (Å²) < 4.78 is 0. The maximum absolute atomic E-state index is 2.57. The second-order valence-corrected chi connectivity index (χ2v) is 17.9. The van der Waals surface area contributed by atoms with Gasteiger partial charge in [0.15, 0.2) is 0 Å². The van der Waals surface area contributed by atoms with Crippen molar-refractivity contribution < 1.29 is 0 Å². The van der Waals surface area contributed by atoms with Gasteiger partial charge in [0.1, 0.15) is 0 Å². The van der Waals surface area contributed by atoms with E-state index in [4.69, 9.17) is 0 Å². The molecule has 61 heavy (non-hydrogen) atoms. The van der Waals surface area contributed by atoms with Crippen LogP contribution in [-0.4, -0.2) is 13.1 Å². The highest BCUT2D eigenvalue weighted by Gasteiger charge is 2.14. The maximum atomic E-state index is 2.57. The van der Waals surface area contributed by atoms with E-state index in [9.17, 15) is 0 Å². The molecule has 2 heteroatoms. The Morgan fingerprint density at radius 3 is 0.852 bits per heavy atom. The van der Waals surface area contributed by atoms with Gasteiger partial charge in [-0.05, 0) is 86.1 Å². The summed E-state index contributed by atoms with van der Waals surface area (Å²) in [7, 11) is 0. The fourth-order valence-electron chi connectivity index (χ4n) is 8.79. The van der Waals surface area contributed by atoms with Gasteiger partial charge in [0.25, 0.3) is 0 Å². The van der Waals surface area contributed by atoms with Crippen molar-refractivity contribution in [2.45, 2.75) is 214 Å². The van der Waals surface area contributed by atoms with Crippen LogP contribution in [0.2, 0.25) is 0 Å². The fourth-order valence-corrected chi connectivity index (χ4v) is 8.79. The SMILES string of the molecule is CCCCCCCCCN(c1ccccc1)c1ccccc1CCCCCCCC.CCCCCCCCCc1ccccc1N(CCCCCCCCC)c1ccccc1. The minimum absolute atomic E-state index is 1.12. The highest BCUT2D eigenvalue weighted by atomic mass is 15.1. The van der Waals surface area contributed by atoms with Crippen molar-refractivity contribution >= 4 is 22.7 Å². The molecule has 0 atom stereocenters. The highest BCUT2D eigenvalue weighted by Crippen LogP contribution is 2.32. The molecule has 0 radical (unpaired) electrons. The molecule has 0 fully saturated rings. The van der Waals surface area contributed by atoms with Gasteiger partial charge in [-0.3, -0.25) is 0 Å². The molecule has 0 aliphatic rings. The summed E-state index contributed by atoms with van der Waals surface area (Å²) in [5.74, 6) is 0. The molecular weight excluding hydrogens is 737 g/mol. The second kappa shape index (κ2) is 36.0. The van der Waals surface area contributed by atoms with Crippen LogP contribution in [0.4, 0.5) is 22.7 Å². The minimum atomic E-state index is 1.12. The van der Waals surface area contributed by atoms with Crippen molar-refractivity contribution in [2.24, 2.45) is 0 Å². The summed E-state index contributed by atoms with van der Waals surface area (Å²) in [6.07, 6.45) is 39.2. The van der Waals surface area contributed by atoms with Gasteiger partial charge in [-0.25, -0.2) is 0 Å². The van der Waals surface area contributed by atoms with E-state index in [-0.39, 0.29) is 0 Å². The number of benzene rings is 4. The molecule has 4 aromatic carbocycles. The van der Waals surface area contributed by atoms with Crippen LogP contribution in [0.3, 0.4) is 0 Å². The lowest BCUT2D eigenvalue weighted by atomic mass is 10.0. The van der Waals surface area contributed by atoms with E-state index < -0.39 is 0 Å². The number of rotatable bonds is 35. The molecule has 0 saturated carbocycles. The first-order valence-electron chi connectivity index (χ1n) is 26.0. The van der Waals surface area contributed by atoms with Crippen molar-refractivity contribution in [2.75, 3.05) is 22.9 Å². The lowest BCUT2D eigenvalue weighted by Gasteiger charge is -2.27. The summed E-state index contributed by atoms with van der Waals surface area (Å²) in [5.41, 5.74) is 8.54. The summed E-state index contributed by atoms with van der Waals surface area (Å²) >= 11 is 0. The first-order valence-corrected chi connectivity index (χ1v) is 26.0. The van der Waals surface area contributed by atoms with Crippen molar-refractivity contribution in [3.05, 3.63) is 120 Å². The zero-order chi connectivity index (χ0) is 43.3. The van der Waals surface area contributed by atoms with Gasteiger partial charge in [-0.1, -0.05) is 248 Å². The molecule has 0 bridgehead atoms.